The molecule has 8 nitrogen and oxygen atoms in total. The molecule has 0 unspecified atom stereocenters. The summed E-state index contributed by atoms with van der Waals surface area (Å²) in [5, 5.41) is 4.05. The molecule has 2 aromatic carbocycles. The molecule has 3 aromatic rings. The molecule has 1 fully saturated rings. The van der Waals surface area contributed by atoms with E-state index < -0.39 is 11.6 Å². The van der Waals surface area contributed by atoms with E-state index in [-0.39, 0.29) is 18.3 Å². The van der Waals surface area contributed by atoms with Crippen molar-refractivity contribution in [1.29, 1.82) is 0 Å². The van der Waals surface area contributed by atoms with Crippen LogP contribution in [0.5, 0.6) is 11.5 Å². The van der Waals surface area contributed by atoms with Crippen LogP contribution in [0.2, 0.25) is 0 Å². The van der Waals surface area contributed by atoms with Gasteiger partial charge in [0.05, 0.1) is 20.3 Å². The summed E-state index contributed by atoms with van der Waals surface area (Å²) >= 11 is 0. The molecule has 0 radical (unpaired) electrons. The van der Waals surface area contributed by atoms with Gasteiger partial charge in [0.2, 0.25) is 17.6 Å². The van der Waals surface area contributed by atoms with Crippen LogP contribution in [-0.4, -0.2) is 65.7 Å². The Hall–Kier alpha value is -3.53. The standard InChI is InChI=1S/C24H26F2N4O4/c1-32-19-7-4-17(5-8-19)24-27-22(34-28-24)16-29-10-12-30(13-11-29)23(31)3-2-14-33-21-9-6-18(25)15-20(21)26/h4-9,15H,2-3,10-14,16H2,1H3. The van der Waals surface area contributed by atoms with Crippen LogP contribution in [0.3, 0.4) is 0 Å². The van der Waals surface area contributed by atoms with Gasteiger partial charge in [-0.15, -0.1) is 0 Å². The minimum absolute atomic E-state index is 0.0152. The Morgan fingerprint density at radius 3 is 2.56 bits per heavy atom. The third kappa shape index (κ3) is 6.07. The van der Waals surface area contributed by atoms with Gasteiger partial charge in [-0.2, -0.15) is 4.98 Å². The molecule has 1 aliphatic heterocycles. The van der Waals surface area contributed by atoms with E-state index in [4.69, 9.17) is 14.0 Å². The Balaban J connectivity index is 1.17. The van der Waals surface area contributed by atoms with Crippen LogP contribution in [-0.2, 0) is 11.3 Å². The summed E-state index contributed by atoms with van der Waals surface area (Å²) in [7, 11) is 1.61. The molecule has 0 saturated carbocycles. The lowest BCUT2D eigenvalue weighted by atomic mass is 10.2. The van der Waals surface area contributed by atoms with Crippen molar-refractivity contribution in [3.8, 4) is 22.9 Å². The smallest absolute Gasteiger partial charge is 0.241 e. The number of methoxy groups -OCH3 is 1. The van der Waals surface area contributed by atoms with Crippen molar-refractivity contribution < 1.29 is 27.6 Å². The molecule has 0 bridgehead atoms. The molecular formula is C24H26F2N4O4. The summed E-state index contributed by atoms with van der Waals surface area (Å²) in [6, 6.07) is 10.6. The lowest BCUT2D eigenvalue weighted by Crippen LogP contribution is -2.48. The van der Waals surface area contributed by atoms with Gasteiger partial charge < -0.3 is 18.9 Å². The second kappa shape index (κ2) is 11.1. The Kier molecular flexibility index (Phi) is 7.69. The molecule has 34 heavy (non-hydrogen) atoms. The maximum atomic E-state index is 13.6. The van der Waals surface area contributed by atoms with Gasteiger partial charge in [-0.1, -0.05) is 5.16 Å². The van der Waals surface area contributed by atoms with E-state index in [1.54, 1.807) is 7.11 Å². The van der Waals surface area contributed by atoms with Gasteiger partial charge in [-0.05, 0) is 42.8 Å². The largest absolute Gasteiger partial charge is 0.497 e. The van der Waals surface area contributed by atoms with Crippen molar-refractivity contribution in [2.45, 2.75) is 19.4 Å². The molecule has 1 saturated heterocycles. The molecule has 4 rings (SSSR count). The highest BCUT2D eigenvalue weighted by atomic mass is 19.1. The molecule has 0 aliphatic carbocycles. The van der Waals surface area contributed by atoms with Crippen molar-refractivity contribution in [3.63, 3.8) is 0 Å². The first-order chi connectivity index (χ1) is 16.5. The molecule has 10 heteroatoms. The van der Waals surface area contributed by atoms with E-state index in [1.165, 1.54) is 6.07 Å². The highest BCUT2D eigenvalue weighted by Crippen LogP contribution is 2.21. The molecule has 0 N–H and O–H groups in total. The normalized spacial score (nSPS) is 14.3. The quantitative estimate of drug-likeness (QED) is 0.441. The molecule has 1 amide bonds. The van der Waals surface area contributed by atoms with E-state index in [0.29, 0.717) is 57.3 Å². The van der Waals surface area contributed by atoms with E-state index in [9.17, 15) is 13.6 Å². The summed E-state index contributed by atoms with van der Waals surface area (Å²) in [6.07, 6.45) is 0.754. The number of hydrogen-bond donors (Lipinski definition) is 0. The van der Waals surface area contributed by atoms with Crippen molar-refractivity contribution >= 4 is 5.91 Å². The average molecular weight is 472 g/mol. The highest BCUT2D eigenvalue weighted by molar-refractivity contribution is 5.76. The predicted molar refractivity (Wildman–Crippen MR) is 119 cm³/mol. The van der Waals surface area contributed by atoms with Crippen LogP contribution in [0.1, 0.15) is 18.7 Å². The monoisotopic (exact) mass is 472 g/mol. The maximum absolute atomic E-state index is 13.6. The van der Waals surface area contributed by atoms with Crippen LogP contribution in [0.4, 0.5) is 8.78 Å². The fourth-order valence-electron chi connectivity index (χ4n) is 3.68. The van der Waals surface area contributed by atoms with Gasteiger partial charge in [0, 0.05) is 44.2 Å². The molecule has 2 heterocycles. The van der Waals surface area contributed by atoms with Gasteiger partial charge in [0.1, 0.15) is 11.6 Å². The molecule has 0 atom stereocenters. The topological polar surface area (TPSA) is 80.9 Å². The molecule has 1 aliphatic rings. The minimum Gasteiger partial charge on any atom is -0.497 e. The first-order valence-electron chi connectivity index (χ1n) is 11.1. The summed E-state index contributed by atoms with van der Waals surface area (Å²) in [4.78, 5) is 20.9. The second-order valence-electron chi connectivity index (χ2n) is 7.92. The molecule has 0 spiro atoms. The zero-order chi connectivity index (χ0) is 23.9. The lowest BCUT2D eigenvalue weighted by Gasteiger charge is -2.34. The van der Waals surface area contributed by atoms with E-state index in [1.807, 2.05) is 29.2 Å². The number of piperazine rings is 1. The number of rotatable bonds is 9. The first-order valence-corrected chi connectivity index (χ1v) is 11.1. The number of carbonyl (C=O) groups excluding carboxylic acids is 1. The number of ether oxygens (including phenoxy) is 2. The fourth-order valence-corrected chi connectivity index (χ4v) is 3.68. The minimum atomic E-state index is -0.750. The number of amides is 1. The number of carbonyl (C=O) groups is 1. The van der Waals surface area contributed by atoms with E-state index in [2.05, 4.69) is 15.0 Å². The molecule has 180 valence electrons. The highest BCUT2D eigenvalue weighted by Gasteiger charge is 2.22. The Morgan fingerprint density at radius 1 is 1.09 bits per heavy atom. The third-order valence-corrected chi connectivity index (χ3v) is 5.59. The number of halogens is 2. The second-order valence-corrected chi connectivity index (χ2v) is 7.92. The van der Waals surface area contributed by atoms with Gasteiger partial charge in [0.25, 0.3) is 0 Å². The number of nitrogens with zero attached hydrogens (tertiary/aromatic N) is 4. The predicted octanol–water partition coefficient (Wildman–Crippen LogP) is 3.53. The number of aromatic nitrogens is 2. The van der Waals surface area contributed by atoms with Gasteiger partial charge >= 0.3 is 0 Å². The van der Waals surface area contributed by atoms with Crippen molar-refractivity contribution in [2.75, 3.05) is 39.9 Å². The van der Waals surface area contributed by atoms with Crippen LogP contribution >= 0.6 is 0 Å². The number of benzene rings is 2. The summed E-state index contributed by atoms with van der Waals surface area (Å²) in [5.74, 6) is 0.413. The van der Waals surface area contributed by atoms with Gasteiger partial charge in [-0.3, -0.25) is 9.69 Å². The Morgan fingerprint density at radius 2 is 1.85 bits per heavy atom. The summed E-state index contributed by atoms with van der Waals surface area (Å²) in [5.41, 5.74) is 0.845. The van der Waals surface area contributed by atoms with Crippen LogP contribution in [0.25, 0.3) is 11.4 Å². The van der Waals surface area contributed by atoms with Crippen LogP contribution in [0.15, 0.2) is 47.0 Å². The van der Waals surface area contributed by atoms with Crippen molar-refractivity contribution in [1.82, 2.24) is 19.9 Å². The van der Waals surface area contributed by atoms with Gasteiger partial charge in [-0.25, -0.2) is 8.78 Å². The molecule has 1 aromatic heterocycles. The van der Waals surface area contributed by atoms with E-state index in [0.717, 1.165) is 23.4 Å². The average Bonchev–Trinajstić information content (AvgIpc) is 3.31. The van der Waals surface area contributed by atoms with Crippen molar-refractivity contribution in [3.05, 3.63) is 60.0 Å². The van der Waals surface area contributed by atoms with Crippen molar-refractivity contribution in [2.24, 2.45) is 0 Å². The van der Waals surface area contributed by atoms with E-state index >= 15 is 0 Å². The Labute approximate surface area is 196 Å². The zero-order valence-corrected chi connectivity index (χ0v) is 18.9. The zero-order valence-electron chi connectivity index (χ0n) is 18.9. The number of hydrogen-bond acceptors (Lipinski definition) is 7. The maximum Gasteiger partial charge on any atom is 0.241 e. The summed E-state index contributed by atoms with van der Waals surface area (Å²) in [6.45, 7) is 3.30. The van der Waals surface area contributed by atoms with Crippen LogP contribution < -0.4 is 9.47 Å². The van der Waals surface area contributed by atoms with Gasteiger partial charge in [0.15, 0.2) is 11.6 Å². The summed E-state index contributed by atoms with van der Waals surface area (Å²) < 4.78 is 42.4. The Bertz CT molecular complexity index is 1100. The molecular weight excluding hydrogens is 446 g/mol. The SMILES string of the molecule is COc1ccc(-c2noc(CN3CCN(C(=O)CCCOc4ccc(F)cc4F)CC3)n2)cc1. The lowest BCUT2D eigenvalue weighted by molar-refractivity contribution is -0.133. The first kappa shape index (κ1) is 23.6. The fraction of sp³-hybridized carbons (Fsp3) is 0.375. The third-order valence-electron chi connectivity index (χ3n) is 5.59. The van der Waals surface area contributed by atoms with Crippen LogP contribution in [0, 0.1) is 11.6 Å².